The van der Waals surface area contributed by atoms with Crippen molar-refractivity contribution in [3.8, 4) is 0 Å². The fraction of sp³-hybridized carbons (Fsp3) is 0.545. The fourth-order valence-corrected chi connectivity index (χ4v) is 5.11. The van der Waals surface area contributed by atoms with Crippen LogP contribution in [-0.4, -0.2) is 65.5 Å². The van der Waals surface area contributed by atoms with Gasteiger partial charge in [-0.25, -0.2) is 0 Å². The summed E-state index contributed by atoms with van der Waals surface area (Å²) >= 11 is 3.81. The van der Waals surface area contributed by atoms with Gasteiger partial charge in [0.25, 0.3) is 5.91 Å². The number of para-hydroxylation sites is 1. The second-order valence-electron chi connectivity index (χ2n) is 8.33. The lowest BCUT2D eigenvalue weighted by atomic mass is 9.87. The molecule has 2 aliphatic rings. The Morgan fingerprint density at radius 3 is 2.90 bits per heavy atom. The summed E-state index contributed by atoms with van der Waals surface area (Å²) in [6, 6.07) is 9.51. The maximum absolute atomic E-state index is 12.8. The first-order valence-electron chi connectivity index (χ1n) is 10.4. The van der Waals surface area contributed by atoms with Crippen LogP contribution in [0.2, 0.25) is 0 Å². The maximum Gasteiger partial charge on any atom is 0.253 e. The number of pyridine rings is 1. The Labute approximate surface area is 180 Å². The van der Waals surface area contributed by atoms with Crippen molar-refractivity contribution in [1.82, 2.24) is 15.2 Å². The average Bonchev–Trinajstić information content (AvgIpc) is 2.75. The van der Waals surface area contributed by atoms with Gasteiger partial charge in [-0.2, -0.15) is 0 Å². The van der Waals surface area contributed by atoms with Crippen LogP contribution in [0.15, 0.2) is 36.5 Å². The molecule has 0 bridgehead atoms. The molecule has 7 heteroatoms. The molecule has 2 aromatic rings. The van der Waals surface area contributed by atoms with E-state index in [1.165, 1.54) is 0 Å². The second kappa shape index (κ2) is 9.08. The van der Waals surface area contributed by atoms with Crippen LogP contribution in [0.4, 0.5) is 0 Å². The Morgan fingerprint density at radius 2 is 2.10 bits per heavy atom. The summed E-state index contributed by atoms with van der Waals surface area (Å²) in [5, 5.41) is 4.02. The monoisotopic (exact) mass is 460 g/mol. The first kappa shape index (κ1) is 20.7. The molecule has 2 saturated heterocycles. The number of amides is 1. The minimum atomic E-state index is -0.458. The number of benzene rings is 1. The van der Waals surface area contributed by atoms with Crippen LogP contribution in [0.25, 0.3) is 10.9 Å². The number of hydrogen-bond acceptors (Lipinski definition) is 5. The fourth-order valence-electron chi connectivity index (χ4n) is 4.31. The number of likely N-dealkylation sites (tertiary alicyclic amines) is 1. The van der Waals surface area contributed by atoms with Gasteiger partial charge in [0.1, 0.15) is 0 Å². The smallest absolute Gasteiger partial charge is 0.253 e. The van der Waals surface area contributed by atoms with Gasteiger partial charge in [-0.15, -0.1) is 0 Å². The molecular weight excluding hydrogens is 432 g/mol. The molecule has 4 rings (SSSR count). The van der Waals surface area contributed by atoms with Crippen LogP contribution in [0, 0.1) is 5.92 Å². The number of hydrogen-bond donors (Lipinski definition) is 2. The SMILES string of the molecule is NC1(CNC(=O)c2cccc3cccnc23)CCN(CC2CCOCC2)CC1Br. The molecular formula is C22H29BrN4O2. The number of carbonyl (C=O) groups excluding carboxylic acids is 1. The summed E-state index contributed by atoms with van der Waals surface area (Å²) in [6.45, 7) is 5.17. The summed E-state index contributed by atoms with van der Waals surface area (Å²) in [5.41, 5.74) is 7.57. The number of ether oxygens (including phenoxy) is 1. The number of halogens is 1. The van der Waals surface area contributed by atoms with Gasteiger partial charge in [-0.05, 0) is 37.3 Å². The highest BCUT2D eigenvalue weighted by molar-refractivity contribution is 9.09. The average molecular weight is 461 g/mol. The zero-order valence-corrected chi connectivity index (χ0v) is 18.2. The van der Waals surface area contributed by atoms with Crippen molar-refractivity contribution in [1.29, 1.82) is 0 Å². The molecule has 156 valence electrons. The number of fused-ring (bicyclic) bond motifs is 1. The van der Waals surface area contributed by atoms with Gasteiger partial charge >= 0.3 is 0 Å². The Hall–Kier alpha value is -1.54. The van der Waals surface area contributed by atoms with Crippen molar-refractivity contribution in [3.63, 3.8) is 0 Å². The van der Waals surface area contributed by atoms with Gasteiger partial charge in [0, 0.05) is 61.3 Å². The number of carbonyl (C=O) groups is 1. The van der Waals surface area contributed by atoms with Gasteiger partial charge in [0.15, 0.2) is 0 Å². The Morgan fingerprint density at radius 1 is 1.31 bits per heavy atom. The molecule has 0 radical (unpaired) electrons. The van der Waals surface area contributed by atoms with Gasteiger partial charge in [-0.3, -0.25) is 9.78 Å². The van der Waals surface area contributed by atoms with E-state index in [2.05, 4.69) is 31.1 Å². The summed E-state index contributed by atoms with van der Waals surface area (Å²) in [5.74, 6) is 0.593. The summed E-state index contributed by atoms with van der Waals surface area (Å²) in [4.78, 5) is 19.8. The lowest BCUT2D eigenvalue weighted by Crippen LogP contribution is -2.63. The minimum absolute atomic E-state index is 0.122. The molecule has 1 aromatic carbocycles. The van der Waals surface area contributed by atoms with E-state index in [-0.39, 0.29) is 10.7 Å². The standard InChI is InChI=1S/C22H29BrN4O2/c23-19-14-27(13-16-6-11-29-12-7-16)10-8-22(19,24)15-26-21(28)18-5-1-3-17-4-2-9-25-20(17)18/h1-5,9,16,19H,6-8,10-15,24H2,(H,26,28). The number of piperidine rings is 1. The van der Waals surface area contributed by atoms with Gasteiger partial charge in [0.2, 0.25) is 0 Å². The predicted molar refractivity (Wildman–Crippen MR) is 118 cm³/mol. The third kappa shape index (κ3) is 4.79. The molecule has 0 spiro atoms. The van der Waals surface area contributed by atoms with Crippen LogP contribution in [-0.2, 0) is 4.74 Å². The van der Waals surface area contributed by atoms with E-state index in [0.29, 0.717) is 18.0 Å². The Bertz CT molecular complexity index is 852. The number of alkyl halides is 1. The van der Waals surface area contributed by atoms with Crippen LogP contribution in [0.3, 0.4) is 0 Å². The van der Waals surface area contributed by atoms with Crippen molar-refractivity contribution >= 4 is 32.7 Å². The summed E-state index contributed by atoms with van der Waals surface area (Å²) < 4.78 is 5.47. The van der Waals surface area contributed by atoms with Crippen LogP contribution < -0.4 is 11.1 Å². The number of aromatic nitrogens is 1. The largest absolute Gasteiger partial charge is 0.381 e. The van der Waals surface area contributed by atoms with E-state index in [0.717, 1.165) is 63.0 Å². The normalized spacial score (nSPS) is 26.5. The third-order valence-electron chi connectivity index (χ3n) is 6.25. The second-order valence-corrected chi connectivity index (χ2v) is 9.43. The lowest BCUT2D eigenvalue weighted by Gasteiger charge is -2.44. The zero-order chi connectivity index (χ0) is 20.3. The molecule has 29 heavy (non-hydrogen) atoms. The molecule has 0 aliphatic carbocycles. The van der Waals surface area contributed by atoms with E-state index < -0.39 is 5.54 Å². The van der Waals surface area contributed by atoms with E-state index in [1.54, 1.807) is 6.20 Å². The van der Waals surface area contributed by atoms with Gasteiger partial charge < -0.3 is 20.7 Å². The quantitative estimate of drug-likeness (QED) is 0.670. The Balaban J connectivity index is 1.34. The predicted octanol–water partition coefficient (Wildman–Crippen LogP) is 2.56. The maximum atomic E-state index is 12.8. The first-order chi connectivity index (χ1) is 14.0. The van der Waals surface area contributed by atoms with Crippen molar-refractivity contribution in [2.24, 2.45) is 11.7 Å². The van der Waals surface area contributed by atoms with E-state index >= 15 is 0 Å². The molecule has 6 nitrogen and oxygen atoms in total. The molecule has 2 aliphatic heterocycles. The number of nitrogens with two attached hydrogens (primary N) is 1. The van der Waals surface area contributed by atoms with Crippen LogP contribution in [0.5, 0.6) is 0 Å². The molecule has 3 heterocycles. The van der Waals surface area contributed by atoms with Crippen LogP contribution in [0.1, 0.15) is 29.6 Å². The third-order valence-corrected chi connectivity index (χ3v) is 7.45. The highest BCUT2D eigenvalue weighted by Crippen LogP contribution is 2.28. The van der Waals surface area contributed by atoms with Crippen molar-refractivity contribution in [2.45, 2.75) is 29.6 Å². The summed E-state index contributed by atoms with van der Waals surface area (Å²) in [6.07, 6.45) is 4.85. The van der Waals surface area contributed by atoms with E-state index in [9.17, 15) is 4.79 Å². The van der Waals surface area contributed by atoms with Crippen LogP contribution >= 0.6 is 15.9 Å². The van der Waals surface area contributed by atoms with Crippen molar-refractivity contribution < 1.29 is 9.53 Å². The van der Waals surface area contributed by atoms with Crippen molar-refractivity contribution in [2.75, 3.05) is 39.4 Å². The van der Waals surface area contributed by atoms with Gasteiger partial charge in [-0.1, -0.05) is 34.1 Å². The van der Waals surface area contributed by atoms with Crippen molar-refractivity contribution in [3.05, 3.63) is 42.1 Å². The Kier molecular flexibility index (Phi) is 6.49. The molecule has 1 amide bonds. The molecule has 2 atom stereocenters. The molecule has 0 saturated carbocycles. The number of nitrogens with one attached hydrogen (secondary N) is 1. The van der Waals surface area contributed by atoms with E-state index in [1.807, 2.05) is 30.3 Å². The van der Waals surface area contributed by atoms with Gasteiger partial charge in [0.05, 0.1) is 11.1 Å². The topological polar surface area (TPSA) is 80.5 Å². The molecule has 2 unspecified atom stereocenters. The molecule has 3 N–H and O–H groups in total. The highest BCUT2D eigenvalue weighted by atomic mass is 79.9. The summed E-state index contributed by atoms with van der Waals surface area (Å²) in [7, 11) is 0. The first-order valence-corrected chi connectivity index (χ1v) is 11.3. The lowest BCUT2D eigenvalue weighted by molar-refractivity contribution is 0.0461. The zero-order valence-electron chi connectivity index (χ0n) is 16.6. The van der Waals surface area contributed by atoms with E-state index in [4.69, 9.17) is 10.5 Å². The minimum Gasteiger partial charge on any atom is -0.381 e. The highest BCUT2D eigenvalue weighted by Gasteiger charge is 2.39. The number of nitrogens with zero attached hydrogens (tertiary/aromatic N) is 2. The molecule has 1 aromatic heterocycles. The number of rotatable bonds is 5. The molecule has 2 fully saturated rings.